The number of aryl methyl sites for hydroxylation is 1. The number of nitrogens with zero attached hydrogens (tertiary/aromatic N) is 2. The van der Waals surface area contributed by atoms with E-state index in [0.717, 1.165) is 11.6 Å². The lowest BCUT2D eigenvalue weighted by atomic mass is 10.4. The van der Waals surface area contributed by atoms with E-state index in [-0.39, 0.29) is 0 Å². The minimum Gasteiger partial charge on any atom is -0.348 e. The van der Waals surface area contributed by atoms with Gasteiger partial charge in [-0.15, -0.1) is 0 Å². The third kappa shape index (κ3) is 1.54. The van der Waals surface area contributed by atoms with E-state index in [9.17, 15) is 0 Å². The zero-order valence-electron chi connectivity index (χ0n) is 7.44. The summed E-state index contributed by atoms with van der Waals surface area (Å²) in [6, 6.07) is 0. The van der Waals surface area contributed by atoms with Crippen molar-refractivity contribution in [2.24, 2.45) is 0 Å². The van der Waals surface area contributed by atoms with Crippen LogP contribution in [0.3, 0.4) is 0 Å². The first-order valence-corrected chi connectivity index (χ1v) is 4.18. The second-order valence-electron chi connectivity index (χ2n) is 2.78. The van der Waals surface area contributed by atoms with Crippen LogP contribution in [0.4, 0.5) is 0 Å². The summed E-state index contributed by atoms with van der Waals surface area (Å²) in [5, 5.41) is 3.17. The van der Waals surface area contributed by atoms with E-state index in [2.05, 4.69) is 10.3 Å². The maximum atomic E-state index is 4.16. The molecule has 0 saturated carbocycles. The zero-order valence-corrected chi connectivity index (χ0v) is 7.44. The fourth-order valence-electron chi connectivity index (χ4n) is 1.23. The van der Waals surface area contributed by atoms with E-state index >= 15 is 0 Å². The van der Waals surface area contributed by atoms with Crippen LogP contribution in [0.15, 0.2) is 42.9 Å². The third-order valence-electron chi connectivity index (χ3n) is 1.89. The Kier molecular flexibility index (Phi) is 2.00. The molecule has 1 aliphatic heterocycles. The van der Waals surface area contributed by atoms with Gasteiger partial charge in [0.2, 0.25) is 0 Å². The van der Waals surface area contributed by atoms with Gasteiger partial charge in [-0.3, -0.25) is 4.57 Å². The van der Waals surface area contributed by atoms with Crippen molar-refractivity contribution in [1.29, 1.82) is 0 Å². The van der Waals surface area contributed by atoms with Crippen LogP contribution in [0, 0.1) is 6.92 Å². The van der Waals surface area contributed by atoms with Gasteiger partial charge in [-0.1, -0.05) is 12.2 Å². The third-order valence-corrected chi connectivity index (χ3v) is 1.89. The van der Waals surface area contributed by atoms with E-state index in [1.807, 2.05) is 48.2 Å². The summed E-state index contributed by atoms with van der Waals surface area (Å²) < 4.78 is 2.00. The molecule has 0 spiro atoms. The summed E-state index contributed by atoms with van der Waals surface area (Å²) in [6.45, 7) is 1.97. The molecule has 2 heterocycles. The van der Waals surface area contributed by atoms with Crippen molar-refractivity contribution in [3.8, 4) is 0 Å². The molecule has 0 atom stereocenters. The van der Waals surface area contributed by atoms with Crippen LogP contribution in [-0.2, 0) is 0 Å². The van der Waals surface area contributed by atoms with Gasteiger partial charge in [0.25, 0.3) is 0 Å². The van der Waals surface area contributed by atoms with Crippen molar-refractivity contribution in [2.45, 2.75) is 6.92 Å². The Hall–Kier alpha value is -1.77. The molecule has 3 heteroatoms. The van der Waals surface area contributed by atoms with E-state index in [1.165, 1.54) is 0 Å². The SMILES string of the molecule is Cc1nccn1C1=CC=CC=CN1. The first kappa shape index (κ1) is 7.86. The average Bonchev–Trinajstić information content (AvgIpc) is 2.43. The highest BCUT2D eigenvalue weighted by Crippen LogP contribution is 2.06. The van der Waals surface area contributed by atoms with E-state index in [0.29, 0.717) is 0 Å². The monoisotopic (exact) mass is 173 g/mol. The molecule has 0 amide bonds. The van der Waals surface area contributed by atoms with Crippen molar-refractivity contribution in [1.82, 2.24) is 14.9 Å². The van der Waals surface area contributed by atoms with Crippen LogP contribution in [-0.4, -0.2) is 9.55 Å². The number of imidazole rings is 1. The lowest BCUT2D eigenvalue weighted by molar-refractivity contribution is 0.933. The van der Waals surface area contributed by atoms with Crippen molar-refractivity contribution in [3.63, 3.8) is 0 Å². The summed E-state index contributed by atoms with van der Waals surface area (Å²) in [4.78, 5) is 4.16. The second kappa shape index (κ2) is 3.31. The standard InChI is InChI=1S/C10H11N3/c1-9-11-7-8-13(9)10-5-3-2-4-6-12-10/h2-8,12H,1H3. The Labute approximate surface area is 77.1 Å². The molecule has 66 valence electrons. The van der Waals surface area contributed by atoms with Crippen LogP contribution in [0.5, 0.6) is 0 Å². The minimum atomic E-state index is 0.974. The summed E-state index contributed by atoms with van der Waals surface area (Å²) >= 11 is 0. The lowest BCUT2D eigenvalue weighted by Crippen LogP contribution is -2.10. The molecule has 0 aromatic carbocycles. The van der Waals surface area contributed by atoms with Gasteiger partial charge in [0.1, 0.15) is 11.6 Å². The smallest absolute Gasteiger partial charge is 0.115 e. The Balaban J connectivity index is 2.36. The predicted octanol–water partition coefficient (Wildman–Crippen LogP) is 1.66. The molecule has 0 saturated heterocycles. The number of rotatable bonds is 1. The second-order valence-corrected chi connectivity index (χ2v) is 2.78. The summed E-state index contributed by atoms with van der Waals surface area (Å²) in [5.41, 5.74) is 0. The number of hydrogen-bond acceptors (Lipinski definition) is 2. The molecule has 0 aliphatic carbocycles. The van der Waals surface area contributed by atoms with Gasteiger partial charge in [0.15, 0.2) is 0 Å². The molecule has 1 aromatic rings. The fourth-order valence-corrected chi connectivity index (χ4v) is 1.23. The summed E-state index contributed by atoms with van der Waals surface area (Å²) in [6.07, 6.45) is 13.5. The molecule has 0 radical (unpaired) electrons. The average molecular weight is 173 g/mol. The zero-order chi connectivity index (χ0) is 9.10. The molecule has 0 bridgehead atoms. The quantitative estimate of drug-likeness (QED) is 0.700. The molecule has 1 aromatic heterocycles. The van der Waals surface area contributed by atoms with E-state index < -0.39 is 0 Å². The van der Waals surface area contributed by atoms with Crippen molar-refractivity contribution in [3.05, 3.63) is 48.7 Å². The van der Waals surface area contributed by atoms with Crippen molar-refractivity contribution < 1.29 is 0 Å². The van der Waals surface area contributed by atoms with Crippen LogP contribution in [0.1, 0.15) is 5.82 Å². The van der Waals surface area contributed by atoms with Gasteiger partial charge in [-0.2, -0.15) is 0 Å². The summed E-state index contributed by atoms with van der Waals surface area (Å²) in [5.74, 6) is 1.99. The fraction of sp³-hybridized carbons (Fsp3) is 0.100. The Morgan fingerprint density at radius 1 is 1.31 bits per heavy atom. The number of allylic oxidation sites excluding steroid dienone is 4. The number of aromatic nitrogens is 2. The largest absolute Gasteiger partial charge is 0.348 e. The van der Waals surface area contributed by atoms with Gasteiger partial charge in [-0.25, -0.2) is 4.98 Å². The first-order valence-electron chi connectivity index (χ1n) is 4.18. The van der Waals surface area contributed by atoms with Gasteiger partial charge in [-0.05, 0) is 19.1 Å². The van der Waals surface area contributed by atoms with Crippen molar-refractivity contribution >= 4 is 5.82 Å². The Morgan fingerprint density at radius 3 is 3.00 bits per heavy atom. The molecule has 2 rings (SSSR count). The molecule has 0 fully saturated rings. The normalized spacial score (nSPS) is 15.0. The van der Waals surface area contributed by atoms with Crippen LogP contribution in [0.2, 0.25) is 0 Å². The highest BCUT2D eigenvalue weighted by Gasteiger charge is 2.00. The molecule has 13 heavy (non-hydrogen) atoms. The molecule has 1 aliphatic rings. The van der Waals surface area contributed by atoms with Gasteiger partial charge in [0, 0.05) is 18.6 Å². The Bertz CT molecular complexity index is 383. The topological polar surface area (TPSA) is 29.9 Å². The molecule has 3 nitrogen and oxygen atoms in total. The Morgan fingerprint density at radius 2 is 2.23 bits per heavy atom. The number of hydrogen-bond donors (Lipinski definition) is 1. The maximum Gasteiger partial charge on any atom is 0.115 e. The number of nitrogens with one attached hydrogen (secondary N) is 1. The molecule has 1 N–H and O–H groups in total. The minimum absolute atomic E-state index is 0.974. The van der Waals surface area contributed by atoms with Crippen LogP contribution < -0.4 is 5.32 Å². The van der Waals surface area contributed by atoms with Gasteiger partial charge < -0.3 is 5.32 Å². The van der Waals surface area contributed by atoms with Crippen molar-refractivity contribution in [2.75, 3.05) is 0 Å². The van der Waals surface area contributed by atoms with E-state index in [4.69, 9.17) is 0 Å². The van der Waals surface area contributed by atoms with Crippen LogP contribution in [0.25, 0.3) is 5.82 Å². The maximum absolute atomic E-state index is 4.16. The molecular formula is C10H11N3. The van der Waals surface area contributed by atoms with Gasteiger partial charge >= 0.3 is 0 Å². The predicted molar refractivity (Wildman–Crippen MR) is 52.7 cm³/mol. The first-order chi connectivity index (χ1) is 6.38. The highest BCUT2D eigenvalue weighted by atomic mass is 15.2. The molecular weight excluding hydrogens is 162 g/mol. The summed E-state index contributed by atoms with van der Waals surface area (Å²) in [7, 11) is 0. The van der Waals surface area contributed by atoms with E-state index in [1.54, 1.807) is 6.20 Å². The highest BCUT2D eigenvalue weighted by molar-refractivity contribution is 5.49. The van der Waals surface area contributed by atoms with Gasteiger partial charge in [0.05, 0.1) is 0 Å². The van der Waals surface area contributed by atoms with Crippen LogP contribution >= 0.6 is 0 Å². The molecule has 0 unspecified atom stereocenters. The lowest BCUT2D eigenvalue weighted by Gasteiger charge is -2.08.